The van der Waals surface area contributed by atoms with Crippen molar-refractivity contribution in [3.8, 4) is 5.75 Å². The van der Waals surface area contributed by atoms with Gasteiger partial charge in [0.15, 0.2) is 0 Å². The van der Waals surface area contributed by atoms with Crippen molar-refractivity contribution in [1.29, 1.82) is 0 Å². The molecule has 0 spiro atoms. The lowest BCUT2D eigenvalue weighted by molar-refractivity contribution is -0.120. The molecule has 3 N–H and O–H groups in total. The molecule has 6 rings (SSSR count). The minimum atomic E-state index is -0.181. The van der Waals surface area contributed by atoms with Gasteiger partial charge in [-0.2, -0.15) is 0 Å². The van der Waals surface area contributed by atoms with Gasteiger partial charge in [-0.3, -0.25) is 14.6 Å². The molecule has 4 heterocycles. The summed E-state index contributed by atoms with van der Waals surface area (Å²) in [6, 6.07) is 14.2. The predicted molar refractivity (Wildman–Crippen MR) is 147 cm³/mol. The average Bonchev–Trinajstić information content (AvgIpc) is 3.54. The van der Waals surface area contributed by atoms with Gasteiger partial charge in [0.1, 0.15) is 5.75 Å². The Morgan fingerprint density at radius 1 is 1.16 bits per heavy atom. The van der Waals surface area contributed by atoms with Crippen LogP contribution >= 0.6 is 11.8 Å². The number of pyridine rings is 1. The molecular weight excluding hydrogens is 486 g/mol. The van der Waals surface area contributed by atoms with Crippen LogP contribution in [0.4, 0.5) is 11.4 Å². The first kappa shape index (κ1) is 24.1. The molecule has 0 bridgehead atoms. The number of benzene rings is 2. The highest BCUT2D eigenvalue weighted by molar-refractivity contribution is 8.00. The molecule has 3 aromatic rings. The van der Waals surface area contributed by atoms with Crippen molar-refractivity contribution < 1.29 is 14.3 Å². The molecule has 0 aliphatic carbocycles. The molecule has 2 amide bonds. The standard InChI is InChI=1S/C28H31N5O3S/c1-36-20-3-4-23-22(12-20)25(6-8-30-23)33-9-7-17(15-33)13-29-14-19-11-21(28(35)31-19)18-2-5-26-24(10-18)32-27(34)16-37-26/h2-6,8,10,12,17,19,21,29H,7,9,11,13-16H2,1H3,(H,31,35)(H,32,34)/t17-,19?,21+/m0/s1. The lowest BCUT2D eigenvalue weighted by Crippen LogP contribution is -2.38. The Balaban J connectivity index is 1.03. The van der Waals surface area contributed by atoms with E-state index < -0.39 is 0 Å². The summed E-state index contributed by atoms with van der Waals surface area (Å²) < 4.78 is 5.43. The van der Waals surface area contributed by atoms with E-state index in [2.05, 4.69) is 38.0 Å². The first-order valence-electron chi connectivity index (χ1n) is 12.8. The highest BCUT2D eigenvalue weighted by Crippen LogP contribution is 2.36. The van der Waals surface area contributed by atoms with E-state index in [4.69, 9.17) is 4.74 Å². The molecule has 3 aliphatic rings. The highest BCUT2D eigenvalue weighted by atomic mass is 32.2. The fourth-order valence-corrected chi connectivity index (χ4v) is 6.47. The van der Waals surface area contributed by atoms with E-state index >= 15 is 0 Å². The third-order valence-corrected chi connectivity index (χ3v) is 8.67. The molecule has 37 heavy (non-hydrogen) atoms. The number of hydrogen-bond donors (Lipinski definition) is 3. The molecule has 8 nitrogen and oxygen atoms in total. The zero-order chi connectivity index (χ0) is 25.4. The Kier molecular flexibility index (Phi) is 6.65. The van der Waals surface area contributed by atoms with E-state index in [1.165, 1.54) is 17.4 Å². The Bertz CT molecular complexity index is 1350. The number of ether oxygens (including phenoxy) is 1. The van der Waals surface area contributed by atoms with Crippen molar-refractivity contribution in [3.05, 3.63) is 54.2 Å². The van der Waals surface area contributed by atoms with Crippen LogP contribution in [0.1, 0.15) is 24.3 Å². The lowest BCUT2D eigenvalue weighted by atomic mass is 9.95. The Morgan fingerprint density at radius 2 is 2.08 bits per heavy atom. The van der Waals surface area contributed by atoms with Crippen LogP contribution in [-0.4, -0.2) is 61.9 Å². The molecule has 1 aromatic heterocycles. The molecule has 0 saturated carbocycles. The molecule has 1 unspecified atom stereocenters. The van der Waals surface area contributed by atoms with Gasteiger partial charge in [0.2, 0.25) is 11.8 Å². The van der Waals surface area contributed by atoms with Gasteiger partial charge < -0.3 is 25.6 Å². The van der Waals surface area contributed by atoms with E-state index in [1.807, 2.05) is 36.5 Å². The zero-order valence-corrected chi connectivity index (χ0v) is 21.6. The SMILES string of the molecule is COc1ccc2nccc(N3CC[C@@H](CNCC4C[C@H](c5ccc6c(c5)NC(=O)CS6)C(=O)N4)C3)c2c1. The molecule has 192 valence electrons. The van der Waals surface area contributed by atoms with Crippen LogP contribution in [0.5, 0.6) is 5.75 Å². The summed E-state index contributed by atoms with van der Waals surface area (Å²) >= 11 is 1.54. The number of nitrogens with one attached hydrogen (secondary N) is 3. The summed E-state index contributed by atoms with van der Waals surface area (Å²) in [6.07, 6.45) is 3.76. The minimum Gasteiger partial charge on any atom is -0.497 e. The number of methoxy groups -OCH3 is 1. The summed E-state index contributed by atoms with van der Waals surface area (Å²) in [5, 5.41) is 10.8. The molecule has 3 aliphatic heterocycles. The molecule has 2 saturated heterocycles. The molecule has 3 atom stereocenters. The van der Waals surface area contributed by atoms with Crippen molar-refractivity contribution in [1.82, 2.24) is 15.6 Å². The number of anilines is 2. The van der Waals surface area contributed by atoms with Crippen LogP contribution in [0.15, 0.2) is 53.6 Å². The summed E-state index contributed by atoms with van der Waals surface area (Å²) in [7, 11) is 1.69. The van der Waals surface area contributed by atoms with Crippen molar-refractivity contribution >= 4 is 45.9 Å². The summed E-state index contributed by atoms with van der Waals surface area (Å²) in [6.45, 7) is 3.67. The number of carbonyl (C=O) groups is 2. The molecule has 2 fully saturated rings. The van der Waals surface area contributed by atoms with Crippen LogP contribution in [0, 0.1) is 5.92 Å². The number of thioether (sulfide) groups is 1. The fraction of sp³-hybridized carbons (Fsp3) is 0.393. The maximum Gasteiger partial charge on any atom is 0.234 e. The lowest BCUT2D eigenvalue weighted by Gasteiger charge is -2.21. The maximum absolute atomic E-state index is 12.7. The quantitative estimate of drug-likeness (QED) is 0.442. The molecule has 9 heteroatoms. The van der Waals surface area contributed by atoms with Crippen LogP contribution in [0.25, 0.3) is 10.9 Å². The van der Waals surface area contributed by atoms with Gasteiger partial charge >= 0.3 is 0 Å². The Morgan fingerprint density at radius 3 is 2.97 bits per heavy atom. The summed E-state index contributed by atoms with van der Waals surface area (Å²) in [4.78, 5) is 32.5. The summed E-state index contributed by atoms with van der Waals surface area (Å²) in [5.74, 6) is 1.72. The molecule has 0 radical (unpaired) electrons. The van der Waals surface area contributed by atoms with E-state index in [-0.39, 0.29) is 23.8 Å². The third-order valence-electron chi connectivity index (χ3n) is 7.60. The number of fused-ring (bicyclic) bond motifs is 2. The second-order valence-corrected chi connectivity index (χ2v) is 11.1. The number of rotatable bonds is 7. The van der Waals surface area contributed by atoms with Gasteiger partial charge in [0, 0.05) is 47.8 Å². The Hall–Kier alpha value is -3.30. The smallest absolute Gasteiger partial charge is 0.234 e. The first-order valence-corrected chi connectivity index (χ1v) is 13.8. The normalized spacial score (nSPS) is 23.2. The number of hydrogen-bond acceptors (Lipinski definition) is 7. The number of amides is 2. The number of carbonyl (C=O) groups excluding carboxylic acids is 2. The van der Waals surface area contributed by atoms with Crippen molar-refractivity contribution in [2.24, 2.45) is 5.92 Å². The van der Waals surface area contributed by atoms with Gasteiger partial charge in [-0.05, 0) is 67.3 Å². The second-order valence-electron chi connectivity index (χ2n) is 10.1. The third kappa shape index (κ3) is 4.98. The van der Waals surface area contributed by atoms with Gasteiger partial charge in [0.25, 0.3) is 0 Å². The number of aromatic nitrogens is 1. The van der Waals surface area contributed by atoms with Crippen molar-refractivity contribution in [2.45, 2.75) is 29.7 Å². The summed E-state index contributed by atoms with van der Waals surface area (Å²) in [5.41, 5.74) is 3.97. The maximum atomic E-state index is 12.7. The van der Waals surface area contributed by atoms with Crippen LogP contribution in [-0.2, 0) is 9.59 Å². The molecule has 2 aromatic carbocycles. The number of nitrogens with zero attached hydrogens (tertiary/aromatic N) is 2. The van der Waals surface area contributed by atoms with Gasteiger partial charge in [-0.25, -0.2) is 0 Å². The topological polar surface area (TPSA) is 95.6 Å². The van der Waals surface area contributed by atoms with E-state index in [0.29, 0.717) is 11.7 Å². The van der Waals surface area contributed by atoms with Gasteiger partial charge in [-0.15, -0.1) is 11.8 Å². The van der Waals surface area contributed by atoms with E-state index in [9.17, 15) is 9.59 Å². The van der Waals surface area contributed by atoms with Gasteiger partial charge in [0.05, 0.1) is 30.0 Å². The van der Waals surface area contributed by atoms with E-state index in [0.717, 1.165) is 71.8 Å². The first-order chi connectivity index (χ1) is 18.1. The van der Waals surface area contributed by atoms with Gasteiger partial charge in [-0.1, -0.05) is 6.07 Å². The monoisotopic (exact) mass is 517 g/mol. The van der Waals surface area contributed by atoms with E-state index in [1.54, 1.807) is 7.11 Å². The van der Waals surface area contributed by atoms with Crippen LogP contribution in [0.3, 0.4) is 0 Å². The van der Waals surface area contributed by atoms with Crippen molar-refractivity contribution in [2.75, 3.05) is 49.3 Å². The zero-order valence-electron chi connectivity index (χ0n) is 20.8. The van der Waals surface area contributed by atoms with Crippen LogP contribution < -0.4 is 25.6 Å². The van der Waals surface area contributed by atoms with Crippen LogP contribution in [0.2, 0.25) is 0 Å². The van der Waals surface area contributed by atoms with Crippen molar-refractivity contribution in [3.63, 3.8) is 0 Å². The predicted octanol–water partition coefficient (Wildman–Crippen LogP) is 3.38. The Labute approximate surface area is 220 Å². The largest absolute Gasteiger partial charge is 0.497 e. The highest BCUT2D eigenvalue weighted by Gasteiger charge is 2.34. The minimum absolute atomic E-state index is 0.00919. The molecular formula is C28H31N5O3S. The fourth-order valence-electron chi connectivity index (χ4n) is 5.68. The second kappa shape index (κ2) is 10.2. The average molecular weight is 518 g/mol.